The van der Waals surface area contributed by atoms with E-state index in [1.807, 2.05) is 48.5 Å². The molecule has 2 aromatic carbocycles. The lowest BCUT2D eigenvalue weighted by Crippen LogP contribution is -2.50. The fraction of sp³-hybridized carbons (Fsp3) is 0.400. The van der Waals surface area contributed by atoms with Gasteiger partial charge in [-0.25, -0.2) is 4.79 Å². The molecule has 1 aliphatic carbocycles. The van der Waals surface area contributed by atoms with Crippen molar-refractivity contribution in [2.45, 2.75) is 18.4 Å². The van der Waals surface area contributed by atoms with Crippen LogP contribution in [0.25, 0.3) is 11.1 Å². The van der Waals surface area contributed by atoms with Gasteiger partial charge in [-0.2, -0.15) is 0 Å². The number of carbonyl (C=O) groups is 3. The van der Waals surface area contributed by atoms with Crippen LogP contribution in [-0.4, -0.2) is 80.0 Å². The zero-order valence-electron chi connectivity index (χ0n) is 18.9. The van der Waals surface area contributed by atoms with Gasteiger partial charge >= 0.3 is 12.1 Å². The van der Waals surface area contributed by atoms with Crippen molar-refractivity contribution >= 4 is 18.0 Å². The highest BCUT2D eigenvalue weighted by Crippen LogP contribution is 2.44. The highest BCUT2D eigenvalue weighted by atomic mass is 16.5. The number of nitrogens with zero attached hydrogens (tertiary/aromatic N) is 1. The lowest BCUT2D eigenvalue weighted by Gasteiger charge is -2.26. The van der Waals surface area contributed by atoms with Crippen molar-refractivity contribution in [3.8, 4) is 11.1 Å². The number of fused-ring (bicyclic) bond motifs is 3. The van der Waals surface area contributed by atoms with Gasteiger partial charge in [0.2, 0.25) is 5.91 Å². The van der Waals surface area contributed by atoms with Crippen LogP contribution in [0.4, 0.5) is 4.79 Å². The highest BCUT2D eigenvalue weighted by Gasteiger charge is 2.30. The van der Waals surface area contributed by atoms with Crippen molar-refractivity contribution in [3.63, 3.8) is 0 Å². The number of carboxylic acids is 1. The Balaban J connectivity index is 1.32. The van der Waals surface area contributed by atoms with Crippen molar-refractivity contribution in [2.75, 3.05) is 46.0 Å². The SMILES string of the molecule is O=C(O)CC(NC(=O)OCC1c2ccccc2-c2ccccc21)C(=O)NCCN1CCOCC1. The number of amides is 2. The summed E-state index contributed by atoms with van der Waals surface area (Å²) in [7, 11) is 0. The molecule has 0 radical (unpaired) electrons. The molecular formula is C25H29N3O6. The van der Waals surface area contributed by atoms with Gasteiger partial charge in [-0.15, -0.1) is 0 Å². The molecule has 1 atom stereocenters. The van der Waals surface area contributed by atoms with E-state index in [0.29, 0.717) is 26.3 Å². The van der Waals surface area contributed by atoms with E-state index in [-0.39, 0.29) is 12.5 Å². The van der Waals surface area contributed by atoms with Crippen molar-refractivity contribution in [1.82, 2.24) is 15.5 Å². The Bertz CT molecular complexity index is 991. The van der Waals surface area contributed by atoms with E-state index in [0.717, 1.165) is 35.3 Å². The molecule has 1 saturated heterocycles. The molecule has 9 nitrogen and oxygen atoms in total. The van der Waals surface area contributed by atoms with Crippen LogP contribution >= 0.6 is 0 Å². The van der Waals surface area contributed by atoms with E-state index >= 15 is 0 Å². The Morgan fingerprint density at radius 1 is 1.03 bits per heavy atom. The summed E-state index contributed by atoms with van der Waals surface area (Å²) in [6.07, 6.45) is -1.36. The summed E-state index contributed by atoms with van der Waals surface area (Å²) >= 11 is 0. The Kier molecular flexibility index (Phi) is 7.76. The van der Waals surface area contributed by atoms with E-state index in [1.54, 1.807) is 0 Å². The minimum absolute atomic E-state index is 0.0816. The number of hydrogen-bond acceptors (Lipinski definition) is 6. The first-order valence-corrected chi connectivity index (χ1v) is 11.4. The third-order valence-electron chi connectivity index (χ3n) is 6.16. The second-order valence-corrected chi connectivity index (χ2v) is 8.37. The largest absolute Gasteiger partial charge is 0.481 e. The quantitative estimate of drug-likeness (QED) is 0.515. The van der Waals surface area contributed by atoms with Crippen molar-refractivity contribution in [2.24, 2.45) is 0 Å². The molecule has 180 valence electrons. The smallest absolute Gasteiger partial charge is 0.407 e. The standard InChI is InChI=1S/C25H29N3O6/c29-23(30)15-22(24(31)26-9-10-28-11-13-33-14-12-28)27-25(32)34-16-21-19-7-3-1-5-17(19)18-6-2-4-8-20(18)21/h1-8,21-22H,9-16H2,(H,26,31)(H,27,32)(H,29,30). The number of rotatable bonds is 9. The Morgan fingerprint density at radius 2 is 1.65 bits per heavy atom. The molecule has 2 amide bonds. The number of aliphatic carboxylic acids is 1. The number of benzene rings is 2. The summed E-state index contributed by atoms with van der Waals surface area (Å²) < 4.78 is 10.8. The molecule has 2 aromatic rings. The van der Waals surface area contributed by atoms with Gasteiger partial charge in [0.15, 0.2) is 0 Å². The molecule has 9 heteroatoms. The lowest BCUT2D eigenvalue weighted by molar-refractivity contribution is -0.139. The normalized spacial score (nSPS) is 16.2. The van der Waals surface area contributed by atoms with Gasteiger partial charge in [-0.1, -0.05) is 48.5 Å². The van der Waals surface area contributed by atoms with Gasteiger partial charge in [0, 0.05) is 32.1 Å². The van der Waals surface area contributed by atoms with Crippen molar-refractivity contribution in [3.05, 3.63) is 59.7 Å². The number of morpholine rings is 1. The number of nitrogens with one attached hydrogen (secondary N) is 2. The minimum Gasteiger partial charge on any atom is -0.481 e. The predicted octanol–water partition coefficient (Wildman–Crippen LogP) is 1.82. The van der Waals surface area contributed by atoms with E-state index in [2.05, 4.69) is 15.5 Å². The van der Waals surface area contributed by atoms with Crippen molar-refractivity contribution < 1.29 is 29.0 Å². The summed E-state index contributed by atoms with van der Waals surface area (Å²) in [5.74, 6) is -1.87. The fourth-order valence-electron chi connectivity index (χ4n) is 4.45. The molecule has 0 spiro atoms. The molecule has 4 rings (SSSR count). The first-order valence-electron chi connectivity index (χ1n) is 11.4. The number of alkyl carbamates (subject to hydrolysis) is 1. The van der Waals surface area contributed by atoms with Crippen LogP contribution < -0.4 is 10.6 Å². The van der Waals surface area contributed by atoms with E-state index in [9.17, 15) is 19.5 Å². The fourth-order valence-corrected chi connectivity index (χ4v) is 4.45. The van der Waals surface area contributed by atoms with Crippen LogP contribution in [0, 0.1) is 0 Å². The Morgan fingerprint density at radius 3 is 2.26 bits per heavy atom. The first kappa shape index (κ1) is 23.7. The summed E-state index contributed by atoms with van der Waals surface area (Å²) in [5.41, 5.74) is 4.35. The topological polar surface area (TPSA) is 117 Å². The molecule has 0 saturated carbocycles. The summed E-state index contributed by atoms with van der Waals surface area (Å²) in [6.45, 7) is 3.93. The molecule has 0 aromatic heterocycles. The van der Waals surface area contributed by atoms with Gasteiger partial charge in [0.1, 0.15) is 12.6 Å². The number of ether oxygens (including phenoxy) is 2. The van der Waals surface area contributed by atoms with Crippen LogP contribution in [-0.2, 0) is 19.1 Å². The van der Waals surface area contributed by atoms with E-state index in [1.165, 1.54) is 0 Å². The second-order valence-electron chi connectivity index (χ2n) is 8.37. The summed E-state index contributed by atoms with van der Waals surface area (Å²) in [5, 5.41) is 14.3. The average Bonchev–Trinajstić information content (AvgIpc) is 3.16. The van der Waals surface area contributed by atoms with Crippen LogP contribution in [0.5, 0.6) is 0 Å². The maximum atomic E-state index is 12.6. The molecule has 1 unspecified atom stereocenters. The molecule has 1 fully saturated rings. The lowest BCUT2D eigenvalue weighted by atomic mass is 9.98. The molecular weight excluding hydrogens is 438 g/mol. The zero-order valence-corrected chi connectivity index (χ0v) is 18.9. The number of carbonyl (C=O) groups excluding carboxylic acids is 2. The average molecular weight is 468 g/mol. The zero-order chi connectivity index (χ0) is 23.9. The maximum absolute atomic E-state index is 12.6. The molecule has 1 heterocycles. The van der Waals surface area contributed by atoms with Gasteiger partial charge in [0.25, 0.3) is 0 Å². The Labute approximate surface area is 198 Å². The summed E-state index contributed by atoms with van der Waals surface area (Å²) in [4.78, 5) is 38.5. The summed E-state index contributed by atoms with van der Waals surface area (Å²) in [6, 6.07) is 14.7. The Hall–Kier alpha value is -3.43. The molecule has 34 heavy (non-hydrogen) atoms. The molecule has 2 aliphatic rings. The maximum Gasteiger partial charge on any atom is 0.407 e. The van der Waals surface area contributed by atoms with Crippen LogP contribution in [0.15, 0.2) is 48.5 Å². The van der Waals surface area contributed by atoms with Gasteiger partial charge < -0.3 is 25.2 Å². The van der Waals surface area contributed by atoms with Crippen LogP contribution in [0.2, 0.25) is 0 Å². The second kappa shape index (κ2) is 11.1. The number of carboxylic acid groups (broad SMARTS) is 1. The van der Waals surface area contributed by atoms with Crippen molar-refractivity contribution in [1.29, 1.82) is 0 Å². The third kappa shape index (κ3) is 5.73. The minimum atomic E-state index is -1.22. The monoisotopic (exact) mass is 467 g/mol. The molecule has 1 aliphatic heterocycles. The van der Waals surface area contributed by atoms with E-state index in [4.69, 9.17) is 9.47 Å². The number of hydrogen-bond donors (Lipinski definition) is 3. The molecule has 3 N–H and O–H groups in total. The van der Waals surface area contributed by atoms with Gasteiger partial charge in [0.05, 0.1) is 19.6 Å². The van der Waals surface area contributed by atoms with Crippen LogP contribution in [0.1, 0.15) is 23.5 Å². The first-order chi connectivity index (χ1) is 16.5. The highest BCUT2D eigenvalue weighted by molar-refractivity contribution is 5.89. The predicted molar refractivity (Wildman–Crippen MR) is 125 cm³/mol. The van der Waals surface area contributed by atoms with E-state index < -0.39 is 30.4 Å². The molecule has 0 bridgehead atoms. The van der Waals surface area contributed by atoms with Gasteiger partial charge in [-0.05, 0) is 22.3 Å². The third-order valence-corrected chi connectivity index (χ3v) is 6.16. The van der Waals surface area contributed by atoms with Crippen LogP contribution in [0.3, 0.4) is 0 Å². The van der Waals surface area contributed by atoms with Gasteiger partial charge in [-0.3, -0.25) is 14.5 Å².